The van der Waals surface area contributed by atoms with E-state index in [4.69, 9.17) is 9.47 Å². The van der Waals surface area contributed by atoms with Crippen molar-refractivity contribution in [2.24, 2.45) is 5.92 Å². The first-order valence-electron chi connectivity index (χ1n) is 5.89. The van der Waals surface area contributed by atoms with Crippen molar-refractivity contribution >= 4 is 5.97 Å². The summed E-state index contributed by atoms with van der Waals surface area (Å²) in [6, 6.07) is 5.96. The maximum absolute atomic E-state index is 11.6. The van der Waals surface area contributed by atoms with E-state index in [1.165, 1.54) is 0 Å². The second-order valence-electron chi connectivity index (χ2n) is 4.12. The Morgan fingerprint density at radius 1 is 1.41 bits per heavy atom. The highest BCUT2D eigenvalue weighted by atomic mass is 16.5. The number of ether oxygens (including phenoxy) is 2. The van der Waals surface area contributed by atoms with Crippen molar-refractivity contribution in [2.75, 3.05) is 13.7 Å². The molecule has 1 unspecified atom stereocenters. The molecule has 0 bridgehead atoms. The molecule has 0 N–H and O–H groups in total. The molecule has 0 amide bonds. The van der Waals surface area contributed by atoms with Crippen LogP contribution in [-0.2, 0) is 16.0 Å². The van der Waals surface area contributed by atoms with Gasteiger partial charge in [0.25, 0.3) is 0 Å². The van der Waals surface area contributed by atoms with Crippen LogP contribution in [-0.4, -0.2) is 19.7 Å². The van der Waals surface area contributed by atoms with E-state index in [2.05, 4.69) is 0 Å². The largest absolute Gasteiger partial charge is 0.496 e. The van der Waals surface area contributed by atoms with E-state index >= 15 is 0 Å². The topological polar surface area (TPSA) is 35.5 Å². The molecule has 0 saturated carbocycles. The van der Waals surface area contributed by atoms with Gasteiger partial charge < -0.3 is 9.47 Å². The maximum Gasteiger partial charge on any atom is 0.308 e. The normalized spacial score (nSPS) is 12.0. The Hall–Kier alpha value is -1.51. The number of para-hydroxylation sites is 1. The van der Waals surface area contributed by atoms with E-state index in [1.807, 2.05) is 39.0 Å². The third kappa shape index (κ3) is 3.48. The van der Waals surface area contributed by atoms with Crippen LogP contribution in [0.1, 0.15) is 25.0 Å². The van der Waals surface area contributed by atoms with Crippen LogP contribution in [0.25, 0.3) is 0 Å². The number of benzene rings is 1. The summed E-state index contributed by atoms with van der Waals surface area (Å²) >= 11 is 0. The molecule has 1 aromatic carbocycles. The van der Waals surface area contributed by atoms with Crippen LogP contribution in [0.2, 0.25) is 0 Å². The molecule has 0 aliphatic carbocycles. The summed E-state index contributed by atoms with van der Waals surface area (Å²) in [6.07, 6.45) is 0.643. The first-order chi connectivity index (χ1) is 8.10. The van der Waals surface area contributed by atoms with Crippen LogP contribution < -0.4 is 4.74 Å². The zero-order valence-electron chi connectivity index (χ0n) is 10.9. The summed E-state index contributed by atoms with van der Waals surface area (Å²) in [5.41, 5.74) is 2.13. The highest BCUT2D eigenvalue weighted by Crippen LogP contribution is 2.25. The molecule has 17 heavy (non-hydrogen) atoms. The van der Waals surface area contributed by atoms with Crippen LogP contribution in [0.5, 0.6) is 5.75 Å². The van der Waals surface area contributed by atoms with E-state index in [9.17, 15) is 4.79 Å². The second kappa shape index (κ2) is 6.28. The van der Waals surface area contributed by atoms with Crippen molar-refractivity contribution < 1.29 is 14.3 Å². The van der Waals surface area contributed by atoms with Gasteiger partial charge in [-0.1, -0.05) is 25.1 Å². The van der Waals surface area contributed by atoms with Gasteiger partial charge in [0.1, 0.15) is 5.75 Å². The Labute approximate surface area is 103 Å². The van der Waals surface area contributed by atoms with E-state index in [-0.39, 0.29) is 11.9 Å². The first-order valence-corrected chi connectivity index (χ1v) is 5.89. The fourth-order valence-electron chi connectivity index (χ4n) is 1.86. The number of hydrogen-bond acceptors (Lipinski definition) is 3. The minimum absolute atomic E-state index is 0.148. The molecule has 94 valence electrons. The minimum Gasteiger partial charge on any atom is -0.496 e. The van der Waals surface area contributed by atoms with Crippen molar-refractivity contribution in [1.29, 1.82) is 0 Å². The smallest absolute Gasteiger partial charge is 0.308 e. The Morgan fingerprint density at radius 3 is 2.71 bits per heavy atom. The molecule has 0 radical (unpaired) electrons. The van der Waals surface area contributed by atoms with Gasteiger partial charge >= 0.3 is 5.97 Å². The average molecular weight is 236 g/mol. The van der Waals surface area contributed by atoms with E-state index in [0.717, 1.165) is 16.9 Å². The van der Waals surface area contributed by atoms with Crippen molar-refractivity contribution in [1.82, 2.24) is 0 Å². The maximum atomic E-state index is 11.6. The molecule has 0 spiro atoms. The van der Waals surface area contributed by atoms with Crippen LogP contribution in [0, 0.1) is 12.8 Å². The molecule has 0 aliphatic heterocycles. The van der Waals surface area contributed by atoms with E-state index in [0.29, 0.717) is 13.0 Å². The molecular weight excluding hydrogens is 216 g/mol. The fraction of sp³-hybridized carbons (Fsp3) is 0.500. The van der Waals surface area contributed by atoms with Gasteiger partial charge in [-0.3, -0.25) is 4.79 Å². The molecule has 3 heteroatoms. The van der Waals surface area contributed by atoms with Gasteiger partial charge in [0.2, 0.25) is 0 Å². The van der Waals surface area contributed by atoms with Crippen molar-refractivity contribution in [2.45, 2.75) is 27.2 Å². The fourth-order valence-corrected chi connectivity index (χ4v) is 1.86. The van der Waals surface area contributed by atoms with E-state index < -0.39 is 0 Å². The standard InChI is InChI=1S/C14H20O3/c1-5-17-14(15)11(3)9-12-8-6-7-10(2)13(12)16-4/h6-8,11H,5,9H2,1-4H3. The van der Waals surface area contributed by atoms with Crippen molar-refractivity contribution in [3.05, 3.63) is 29.3 Å². The highest BCUT2D eigenvalue weighted by Gasteiger charge is 2.17. The summed E-state index contributed by atoms with van der Waals surface area (Å²) in [5.74, 6) is 0.561. The lowest BCUT2D eigenvalue weighted by molar-refractivity contribution is -0.147. The van der Waals surface area contributed by atoms with Gasteiger partial charge in [0, 0.05) is 0 Å². The van der Waals surface area contributed by atoms with E-state index in [1.54, 1.807) is 7.11 Å². The summed E-state index contributed by atoms with van der Waals surface area (Å²) in [4.78, 5) is 11.6. The Morgan fingerprint density at radius 2 is 2.12 bits per heavy atom. The zero-order chi connectivity index (χ0) is 12.8. The summed E-state index contributed by atoms with van der Waals surface area (Å²) < 4.78 is 10.4. The van der Waals surface area contributed by atoms with Crippen LogP contribution in [0.3, 0.4) is 0 Å². The molecular formula is C14H20O3. The first kappa shape index (κ1) is 13.6. The predicted octanol–water partition coefficient (Wildman–Crippen LogP) is 2.75. The quantitative estimate of drug-likeness (QED) is 0.737. The van der Waals surface area contributed by atoms with Crippen molar-refractivity contribution in [3.63, 3.8) is 0 Å². The van der Waals surface area contributed by atoms with Gasteiger partial charge in [0.15, 0.2) is 0 Å². The molecule has 1 aromatic rings. The third-order valence-corrected chi connectivity index (χ3v) is 2.71. The molecule has 3 nitrogen and oxygen atoms in total. The van der Waals surface area contributed by atoms with Gasteiger partial charge in [-0.05, 0) is 31.4 Å². The number of esters is 1. The summed E-state index contributed by atoms with van der Waals surface area (Å²) in [5, 5.41) is 0. The molecule has 1 atom stereocenters. The monoisotopic (exact) mass is 236 g/mol. The Kier molecular flexibility index (Phi) is 5.01. The third-order valence-electron chi connectivity index (χ3n) is 2.71. The zero-order valence-corrected chi connectivity index (χ0v) is 10.9. The van der Waals surface area contributed by atoms with Gasteiger partial charge in [-0.25, -0.2) is 0 Å². The second-order valence-corrected chi connectivity index (χ2v) is 4.12. The molecule has 0 heterocycles. The van der Waals surface area contributed by atoms with Crippen LogP contribution >= 0.6 is 0 Å². The lowest BCUT2D eigenvalue weighted by Gasteiger charge is -2.14. The highest BCUT2D eigenvalue weighted by molar-refractivity contribution is 5.72. The number of methoxy groups -OCH3 is 1. The molecule has 0 fully saturated rings. The number of aryl methyl sites for hydroxylation is 1. The Balaban J connectivity index is 2.81. The van der Waals surface area contributed by atoms with Crippen LogP contribution in [0.15, 0.2) is 18.2 Å². The van der Waals surface area contributed by atoms with Gasteiger partial charge in [-0.15, -0.1) is 0 Å². The number of rotatable bonds is 5. The summed E-state index contributed by atoms with van der Waals surface area (Å²) in [6.45, 7) is 6.11. The molecule has 0 aliphatic rings. The number of hydrogen-bond donors (Lipinski definition) is 0. The number of carbonyl (C=O) groups excluding carboxylic acids is 1. The minimum atomic E-state index is -0.156. The summed E-state index contributed by atoms with van der Waals surface area (Å²) in [7, 11) is 1.65. The van der Waals surface area contributed by atoms with Gasteiger partial charge in [0.05, 0.1) is 19.6 Å². The number of carbonyl (C=O) groups is 1. The van der Waals surface area contributed by atoms with Gasteiger partial charge in [-0.2, -0.15) is 0 Å². The SMILES string of the molecule is CCOC(=O)C(C)Cc1cccc(C)c1OC. The Bertz CT molecular complexity index is 385. The molecule has 0 aromatic heterocycles. The molecule has 1 rings (SSSR count). The van der Waals surface area contributed by atoms with Crippen LogP contribution in [0.4, 0.5) is 0 Å². The predicted molar refractivity (Wildman–Crippen MR) is 67.2 cm³/mol. The molecule has 0 saturated heterocycles. The van der Waals surface area contributed by atoms with Crippen molar-refractivity contribution in [3.8, 4) is 5.75 Å². The lowest BCUT2D eigenvalue weighted by atomic mass is 9.98. The lowest BCUT2D eigenvalue weighted by Crippen LogP contribution is -2.17. The average Bonchev–Trinajstić information content (AvgIpc) is 2.29.